The molecule has 6 fully saturated rings. The summed E-state index contributed by atoms with van der Waals surface area (Å²) < 4.78 is 11.0. The van der Waals surface area contributed by atoms with Crippen LogP contribution in [0.5, 0.6) is 0 Å². The standard InChI is InChI=1S/C46H48Cl2N8O8/c47-39-35(49-41(53-39)33-21-29-19-31(29)55(33)43(57)37(51-45(59)60)27-11-15-63-16-12-27)25-7-3-23(4-8-25)1-2-24-5-9-26(10-6-24)36-40(48)54-42(50-36)34-22-30-20-32(30)56(34)44(58)38(52-46(61)62)28-13-17-64-18-14-28/h3-10,27-34,37-38,51-52H,11-22H2,(H,49,53)(H,50,54)(H,59,60)(H,61,62)/t29-,30-,31?,32?,33+,34+,37-,38-/m1/s1. The van der Waals surface area contributed by atoms with E-state index < -0.39 is 24.3 Å². The molecule has 16 nitrogen and oxygen atoms in total. The minimum atomic E-state index is -1.22. The molecule has 8 atom stereocenters. The largest absolute Gasteiger partial charge is 0.465 e. The molecule has 0 bridgehead atoms. The predicted molar refractivity (Wildman–Crippen MR) is 233 cm³/mol. The third-order valence-corrected chi connectivity index (χ3v) is 14.5. The van der Waals surface area contributed by atoms with Crippen LogP contribution in [0.3, 0.4) is 0 Å². The van der Waals surface area contributed by atoms with Gasteiger partial charge < -0.3 is 50.1 Å². The number of benzene rings is 2. The zero-order valence-electron chi connectivity index (χ0n) is 34.8. The molecule has 18 heteroatoms. The highest BCUT2D eigenvalue weighted by Crippen LogP contribution is 2.55. The first-order valence-corrected chi connectivity index (χ1v) is 22.8. The van der Waals surface area contributed by atoms with Crippen molar-refractivity contribution in [1.29, 1.82) is 0 Å². The fraction of sp³-hybridized carbons (Fsp3) is 0.478. The van der Waals surface area contributed by atoms with Crippen molar-refractivity contribution >= 4 is 47.2 Å². The van der Waals surface area contributed by atoms with Gasteiger partial charge in [0.25, 0.3) is 0 Å². The fourth-order valence-electron chi connectivity index (χ4n) is 10.5. The Morgan fingerprint density at radius 2 is 1.00 bits per heavy atom. The summed E-state index contributed by atoms with van der Waals surface area (Å²) in [5.74, 6) is 7.57. The van der Waals surface area contributed by atoms with Crippen LogP contribution in [0.25, 0.3) is 22.5 Å². The number of carbonyl (C=O) groups is 4. The zero-order chi connectivity index (χ0) is 44.2. The van der Waals surface area contributed by atoms with Crippen LogP contribution in [0.1, 0.15) is 86.2 Å². The van der Waals surface area contributed by atoms with Gasteiger partial charge in [0.15, 0.2) is 10.3 Å². The smallest absolute Gasteiger partial charge is 0.405 e. The number of H-pyrrole nitrogens is 2. The van der Waals surface area contributed by atoms with Crippen LogP contribution in [0, 0.1) is 35.5 Å². The first-order chi connectivity index (χ1) is 31.0. The highest BCUT2D eigenvalue weighted by molar-refractivity contribution is 6.32. The van der Waals surface area contributed by atoms with Gasteiger partial charge >= 0.3 is 12.2 Å². The number of likely N-dealkylation sites (tertiary alicyclic amines) is 2. The minimum Gasteiger partial charge on any atom is -0.465 e. The number of fused-ring (bicyclic) bond motifs is 2. The second-order valence-corrected chi connectivity index (χ2v) is 18.6. The van der Waals surface area contributed by atoms with Gasteiger partial charge in [0.2, 0.25) is 11.8 Å². The number of nitrogens with one attached hydrogen (secondary N) is 4. The molecule has 0 spiro atoms. The molecule has 4 amide bonds. The molecule has 2 saturated carbocycles. The number of amides is 4. The first kappa shape index (κ1) is 42.4. The van der Waals surface area contributed by atoms with Crippen molar-refractivity contribution in [1.82, 2.24) is 40.4 Å². The van der Waals surface area contributed by atoms with Gasteiger partial charge in [-0.25, -0.2) is 19.6 Å². The number of aromatic nitrogens is 4. The van der Waals surface area contributed by atoms with Crippen molar-refractivity contribution in [2.45, 2.75) is 87.6 Å². The van der Waals surface area contributed by atoms with Crippen molar-refractivity contribution in [2.75, 3.05) is 26.4 Å². The number of carboxylic acid groups (broad SMARTS) is 2. The summed E-state index contributed by atoms with van der Waals surface area (Å²) in [5, 5.41) is 24.8. The number of carbonyl (C=O) groups excluding carboxylic acids is 2. The summed E-state index contributed by atoms with van der Waals surface area (Å²) in [4.78, 5) is 71.4. The van der Waals surface area contributed by atoms with E-state index in [0.29, 0.717) is 87.0 Å². The van der Waals surface area contributed by atoms with Crippen molar-refractivity contribution in [3.63, 3.8) is 0 Å². The van der Waals surface area contributed by atoms with Crippen LogP contribution in [0.2, 0.25) is 10.3 Å². The SMILES string of the molecule is O=C(O)N[C@@H](C(=O)N1C2C[C@@H]2C[C@H]1c1nc(Cl)c(-c2ccc(C#Cc3ccc(-c4[nH]c([C@@H]5C[C@H]6CC6N5C(=O)[C@H](NC(=O)O)C5CCOCC5)nc4Cl)cc3)cc2)[nH]1)C1CCOCC1. The van der Waals surface area contributed by atoms with Gasteiger partial charge in [-0.15, -0.1) is 0 Å². The Morgan fingerprint density at radius 3 is 1.36 bits per heavy atom. The Kier molecular flexibility index (Phi) is 11.5. The molecule has 4 aromatic rings. The summed E-state index contributed by atoms with van der Waals surface area (Å²) in [7, 11) is 0. The first-order valence-electron chi connectivity index (χ1n) is 22.0. The zero-order valence-corrected chi connectivity index (χ0v) is 36.3. The minimum absolute atomic E-state index is 0.0535. The van der Waals surface area contributed by atoms with Crippen molar-refractivity contribution in [2.24, 2.45) is 23.7 Å². The summed E-state index contributed by atoms with van der Waals surface area (Å²) in [5.41, 5.74) is 4.44. The molecule has 2 aromatic carbocycles. The molecular formula is C46H48Cl2N8O8. The maximum atomic E-state index is 14.1. The number of rotatable bonds is 10. The maximum Gasteiger partial charge on any atom is 0.405 e. The van der Waals surface area contributed by atoms with E-state index in [1.807, 2.05) is 58.3 Å². The monoisotopic (exact) mass is 910 g/mol. The van der Waals surface area contributed by atoms with E-state index in [1.165, 1.54) is 0 Å². The lowest BCUT2D eigenvalue weighted by Gasteiger charge is -2.35. The van der Waals surface area contributed by atoms with Crippen molar-refractivity contribution in [3.8, 4) is 34.4 Å². The van der Waals surface area contributed by atoms with Gasteiger partial charge in [0.05, 0.1) is 23.5 Å². The Balaban J connectivity index is 0.804. The number of imidazole rings is 2. The van der Waals surface area contributed by atoms with Gasteiger partial charge in [-0.3, -0.25) is 9.59 Å². The number of piperidine rings is 2. The normalized spacial score (nSPS) is 26.0. The van der Waals surface area contributed by atoms with Crippen LogP contribution in [-0.4, -0.2) is 115 Å². The molecule has 4 aliphatic heterocycles. The Labute approximate surface area is 378 Å². The average Bonchev–Trinajstić information content (AvgIpc) is 4.01. The lowest BCUT2D eigenvalue weighted by molar-refractivity contribution is -0.138. The molecule has 2 aromatic heterocycles. The van der Waals surface area contributed by atoms with E-state index in [4.69, 9.17) is 32.7 Å². The lowest BCUT2D eigenvalue weighted by Crippen LogP contribution is -2.53. The molecule has 334 valence electrons. The molecule has 4 saturated heterocycles. The van der Waals surface area contributed by atoms with E-state index in [9.17, 15) is 29.4 Å². The van der Waals surface area contributed by atoms with Crippen LogP contribution in [0.4, 0.5) is 9.59 Å². The number of halogens is 2. The number of ether oxygens (including phenoxy) is 2. The van der Waals surface area contributed by atoms with Gasteiger partial charge in [-0.2, -0.15) is 0 Å². The second-order valence-electron chi connectivity index (χ2n) is 17.9. The Bertz CT molecular complexity index is 2340. The maximum absolute atomic E-state index is 14.1. The lowest BCUT2D eigenvalue weighted by atomic mass is 9.90. The van der Waals surface area contributed by atoms with Gasteiger partial charge in [0.1, 0.15) is 23.7 Å². The molecule has 2 aliphatic carbocycles. The van der Waals surface area contributed by atoms with Gasteiger partial charge in [-0.1, -0.05) is 59.3 Å². The molecule has 0 radical (unpaired) electrons. The van der Waals surface area contributed by atoms with Crippen LogP contribution >= 0.6 is 23.2 Å². The van der Waals surface area contributed by atoms with Crippen LogP contribution in [-0.2, 0) is 19.1 Å². The molecule has 6 heterocycles. The predicted octanol–water partition coefficient (Wildman–Crippen LogP) is 6.62. The number of aromatic amines is 2. The Hall–Kier alpha value is -5.60. The van der Waals surface area contributed by atoms with Crippen molar-refractivity contribution < 1.29 is 38.9 Å². The van der Waals surface area contributed by atoms with Gasteiger partial charge in [-0.05, 0) is 99.3 Å². The van der Waals surface area contributed by atoms with Crippen molar-refractivity contribution in [3.05, 3.63) is 81.6 Å². The van der Waals surface area contributed by atoms with E-state index in [-0.39, 0.29) is 58.1 Å². The summed E-state index contributed by atoms with van der Waals surface area (Å²) >= 11 is 13.4. The molecule has 6 aliphatic rings. The molecular weight excluding hydrogens is 863 g/mol. The summed E-state index contributed by atoms with van der Waals surface area (Å²) in [6.07, 6.45) is 3.25. The highest BCUT2D eigenvalue weighted by atomic mass is 35.5. The molecule has 2 unspecified atom stereocenters. The third-order valence-electron chi connectivity index (χ3n) is 14.0. The number of hydrogen-bond donors (Lipinski definition) is 6. The summed E-state index contributed by atoms with van der Waals surface area (Å²) in [6.45, 7) is 1.98. The van der Waals surface area contributed by atoms with Crippen LogP contribution < -0.4 is 10.6 Å². The molecule has 64 heavy (non-hydrogen) atoms. The van der Waals surface area contributed by atoms with E-state index >= 15 is 0 Å². The van der Waals surface area contributed by atoms with E-state index in [2.05, 4.69) is 42.4 Å². The molecule has 6 N–H and O–H groups in total. The highest BCUT2D eigenvalue weighted by Gasteiger charge is 2.58. The topological polar surface area (TPSA) is 215 Å². The van der Waals surface area contributed by atoms with Gasteiger partial charge in [0, 0.05) is 60.8 Å². The second kappa shape index (κ2) is 17.4. The molecule has 10 rings (SSSR count). The summed E-state index contributed by atoms with van der Waals surface area (Å²) in [6, 6.07) is 13.0. The average molecular weight is 912 g/mol. The number of hydrogen-bond acceptors (Lipinski definition) is 8. The van der Waals surface area contributed by atoms with Crippen LogP contribution in [0.15, 0.2) is 48.5 Å². The Morgan fingerprint density at radius 1 is 0.625 bits per heavy atom. The fourth-order valence-corrected chi connectivity index (χ4v) is 11.0. The number of nitrogens with zero attached hydrogens (tertiary/aromatic N) is 4. The van der Waals surface area contributed by atoms with E-state index in [0.717, 1.165) is 47.9 Å². The van der Waals surface area contributed by atoms with E-state index in [1.54, 1.807) is 0 Å². The third kappa shape index (κ3) is 8.42. The quantitative estimate of drug-likeness (QED) is 0.0935.